The molecule has 4 aromatic rings. The van der Waals surface area contributed by atoms with Gasteiger partial charge in [0.1, 0.15) is 17.2 Å². The van der Waals surface area contributed by atoms with Gasteiger partial charge in [0, 0.05) is 29.9 Å². The zero-order chi connectivity index (χ0) is 31.1. The van der Waals surface area contributed by atoms with E-state index < -0.39 is 17.9 Å². The van der Waals surface area contributed by atoms with Crippen LogP contribution in [0.5, 0.6) is 17.2 Å². The Hall–Kier alpha value is -6.23. The maximum Gasteiger partial charge on any atom is 0.336 e. The summed E-state index contributed by atoms with van der Waals surface area (Å²) in [6, 6.07) is 20.5. The molecule has 0 amide bonds. The van der Waals surface area contributed by atoms with Crippen LogP contribution in [0.3, 0.4) is 0 Å². The summed E-state index contributed by atoms with van der Waals surface area (Å²) in [6.07, 6.45) is 8.46. The Kier molecular flexibility index (Phi) is 11.0. The molecule has 4 rings (SSSR count). The lowest BCUT2D eigenvalue weighted by molar-refractivity contribution is -0.145. The molecule has 222 valence electrons. The fourth-order valence-corrected chi connectivity index (χ4v) is 3.35. The van der Waals surface area contributed by atoms with E-state index in [4.69, 9.17) is 28.1 Å². The minimum atomic E-state index is -0.578. The quantitative estimate of drug-likeness (QED) is 0.0774. The van der Waals surface area contributed by atoms with Gasteiger partial charge in [0.15, 0.2) is 0 Å². The van der Waals surface area contributed by atoms with Crippen LogP contribution in [-0.2, 0) is 23.9 Å². The Balaban J connectivity index is 1.24. The summed E-state index contributed by atoms with van der Waals surface area (Å²) in [5.74, 6) is 0.266. The van der Waals surface area contributed by atoms with Crippen LogP contribution in [0, 0.1) is 0 Å². The lowest BCUT2D eigenvalue weighted by Crippen LogP contribution is -2.07. The van der Waals surface area contributed by atoms with E-state index in [-0.39, 0.29) is 13.6 Å². The van der Waals surface area contributed by atoms with E-state index in [2.05, 4.69) is 23.4 Å². The smallest absolute Gasteiger partial charge is 0.336 e. The lowest BCUT2D eigenvalue weighted by atomic mass is 10.2. The van der Waals surface area contributed by atoms with Gasteiger partial charge in [-0.05, 0) is 71.8 Å². The molecule has 0 aliphatic heterocycles. The number of nitrogens with zero attached hydrogens (tertiary/aromatic N) is 2. The zero-order valence-corrected chi connectivity index (χ0v) is 23.3. The number of hydrogen-bond donors (Lipinski definition) is 0. The largest absolute Gasteiger partial charge is 0.457 e. The third kappa shape index (κ3) is 9.70. The molecule has 11 heteroatoms. The molecule has 0 unspecified atom stereocenters. The summed E-state index contributed by atoms with van der Waals surface area (Å²) in [7, 11) is 0. The van der Waals surface area contributed by atoms with Crippen LogP contribution in [0.4, 0.5) is 0 Å². The van der Waals surface area contributed by atoms with Crippen molar-refractivity contribution in [2.45, 2.75) is 0 Å². The number of benzene rings is 3. The molecule has 0 aliphatic rings. The molecule has 0 aliphatic carbocycles. The van der Waals surface area contributed by atoms with Crippen molar-refractivity contribution in [3.8, 4) is 28.7 Å². The fraction of sp³-hybridized carbons (Fsp3) is 0.0606. The summed E-state index contributed by atoms with van der Waals surface area (Å²) in [5, 5.41) is 8.10. The van der Waals surface area contributed by atoms with Gasteiger partial charge in [0.2, 0.25) is 25.4 Å². The van der Waals surface area contributed by atoms with Gasteiger partial charge in [-0.25, -0.2) is 14.4 Å². The van der Waals surface area contributed by atoms with Crippen LogP contribution < -0.4 is 14.2 Å². The maximum absolute atomic E-state index is 12.3. The Morgan fingerprint density at radius 3 is 1.70 bits per heavy atom. The zero-order valence-electron chi connectivity index (χ0n) is 23.3. The normalized spacial score (nSPS) is 10.7. The van der Waals surface area contributed by atoms with Gasteiger partial charge in [-0.1, -0.05) is 37.4 Å². The predicted molar refractivity (Wildman–Crippen MR) is 160 cm³/mol. The van der Waals surface area contributed by atoms with Gasteiger partial charge >= 0.3 is 17.9 Å². The van der Waals surface area contributed by atoms with Gasteiger partial charge in [-0.3, -0.25) is 0 Å². The van der Waals surface area contributed by atoms with Crippen molar-refractivity contribution in [3.63, 3.8) is 0 Å². The number of rotatable bonds is 14. The molecular formula is C33H26N2O9. The molecular weight excluding hydrogens is 568 g/mol. The van der Waals surface area contributed by atoms with E-state index in [9.17, 15) is 14.4 Å². The third-order valence-electron chi connectivity index (χ3n) is 5.54. The molecule has 0 N–H and O–H groups in total. The van der Waals surface area contributed by atoms with Crippen molar-refractivity contribution < 1.29 is 42.5 Å². The van der Waals surface area contributed by atoms with E-state index in [0.717, 1.165) is 23.3 Å². The van der Waals surface area contributed by atoms with Gasteiger partial charge in [0.25, 0.3) is 0 Å². The standard InChI is InChI=1S/C33H26N2O9/c1-3-30(36)41-21-39-26-13-5-23(6-14-26)9-19-29-34-35-33(44-29)25-11-17-28(18-12-25)43-32(38)20-10-24-7-15-27(16-8-24)40-22-42-31(37)4-2/h3-20H,1-2,21-22H2/b19-9+,20-10+. The van der Waals surface area contributed by atoms with Crippen molar-refractivity contribution in [1.82, 2.24) is 10.2 Å². The van der Waals surface area contributed by atoms with Crippen LogP contribution in [0.2, 0.25) is 0 Å². The second-order valence-electron chi connectivity index (χ2n) is 8.56. The second kappa shape index (κ2) is 15.7. The van der Waals surface area contributed by atoms with Crippen molar-refractivity contribution in [2.24, 2.45) is 0 Å². The molecule has 1 heterocycles. The van der Waals surface area contributed by atoms with E-state index in [1.165, 1.54) is 6.08 Å². The number of hydrogen-bond acceptors (Lipinski definition) is 11. The van der Waals surface area contributed by atoms with E-state index in [1.54, 1.807) is 78.9 Å². The fourth-order valence-electron chi connectivity index (χ4n) is 3.35. The average Bonchev–Trinajstić information content (AvgIpc) is 3.53. The first kappa shape index (κ1) is 30.7. The molecule has 0 atom stereocenters. The highest BCUT2D eigenvalue weighted by Crippen LogP contribution is 2.23. The molecule has 0 saturated carbocycles. The molecule has 0 radical (unpaired) electrons. The Bertz CT molecular complexity index is 1650. The highest BCUT2D eigenvalue weighted by molar-refractivity contribution is 5.88. The Morgan fingerprint density at radius 1 is 0.636 bits per heavy atom. The molecule has 0 bridgehead atoms. The minimum Gasteiger partial charge on any atom is -0.457 e. The number of carbonyl (C=O) groups excluding carboxylic acids is 3. The van der Waals surface area contributed by atoms with Crippen molar-refractivity contribution >= 4 is 36.1 Å². The van der Waals surface area contributed by atoms with Crippen LogP contribution in [0.15, 0.2) is 109 Å². The number of ether oxygens (including phenoxy) is 5. The summed E-state index contributed by atoms with van der Waals surface area (Å²) >= 11 is 0. The predicted octanol–water partition coefficient (Wildman–Crippen LogP) is 5.66. The monoisotopic (exact) mass is 594 g/mol. The first-order valence-corrected chi connectivity index (χ1v) is 13.0. The Labute approximate surface area is 252 Å². The summed E-state index contributed by atoms with van der Waals surface area (Å²) in [5.41, 5.74) is 2.24. The van der Waals surface area contributed by atoms with Crippen LogP contribution in [0.1, 0.15) is 17.0 Å². The highest BCUT2D eigenvalue weighted by atomic mass is 16.7. The van der Waals surface area contributed by atoms with Crippen LogP contribution in [0.25, 0.3) is 29.7 Å². The molecule has 3 aromatic carbocycles. The molecule has 0 spiro atoms. The number of esters is 3. The number of carbonyl (C=O) groups is 3. The minimum absolute atomic E-state index is 0.210. The molecule has 44 heavy (non-hydrogen) atoms. The molecule has 0 fully saturated rings. The van der Waals surface area contributed by atoms with Crippen molar-refractivity contribution in [2.75, 3.05) is 13.6 Å². The van der Waals surface area contributed by atoms with Gasteiger partial charge in [-0.2, -0.15) is 0 Å². The first-order chi connectivity index (χ1) is 21.4. The van der Waals surface area contributed by atoms with Gasteiger partial charge in [-0.15, -0.1) is 10.2 Å². The maximum atomic E-state index is 12.3. The average molecular weight is 595 g/mol. The Morgan fingerprint density at radius 2 is 1.16 bits per heavy atom. The van der Waals surface area contributed by atoms with Crippen molar-refractivity contribution in [1.29, 1.82) is 0 Å². The van der Waals surface area contributed by atoms with Crippen LogP contribution >= 0.6 is 0 Å². The first-order valence-electron chi connectivity index (χ1n) is 13.0. The summed E-state index contributed by atoms with van der Waals surface area (Å²) in [6.45, 7) is 6.17. The van der Waals surface area contributed by atoms with Crippen LogP contribution in [-0.4, -0.2) is 41.7 Å². The van der Waals surface area contributed by atoms with E-state index in [0.29, 0.717) is 34.6 Å². The molecule has 11 nitrogen and oxygen atoms in total. The van der Waals surface area contributed by atoms with Gasteiger partial charge < -0.3 is 28.1 Å². The topological polar surface area (TPSA) is 136 Å². The summed E-state index contributed by atoms with van der Waals surface area (Å²) < 4.78 is 31.2. The highest BCUT2D eigenvalue weighted by Gasteiger charge is 2.08. The molecule has 0 saturated heterocycles. The van der Waals surface area contributed by atoms with E-state index in [1.807, 2.05) is 12.1 Å². The lowest BCUT2D eigenvalue weighted by Gasteiger charge is -2.06. The second-order valence-corrected chi connectivity index (χ2v) is 8.56. The van der Waals surface area contributed by atoms with Gasteiger partial charge in [0.05, 0.1) is 0 Å². The number of aromatic nitrogens is 2. The third-order valence-corrected chi connectivity index (χ3v) is 5.54. The SMILES string of the molecule is C=CC(=O)OCOc1ccc(/C=C/C(=O)Oc2ccc(-c3nnc(/C=C/c4ccc(OCOC(=O)C=C)cc4)o3)cc2)cc1. The summed E-state index contributed by atoms with van der Waals surface area (Å²) in [4.78, 5) is 34.3. The van der Waals surface area contributed by atoms with E-state index >= 15 is 0 Å². The molecule has 1 aromatic heterocycles. The van der Waals surface area contributed by atoms with Crippen molar-refractivity contribution in [3.05, 3.63) is 121 Å².